The fraction of sp³-hybridized carbons (Fsp3) is 0.364. The summed E-state index contributed by atoms with van der Waals surface area (Å²) in [5, 5.41) is 0. The van der Waals surface area contributed by atoms with E-state index in [1.165, 1.54) is 11.1 Å². The van der Waals surface area contributed by atoms with E-state index >= 15 is 0 Å². The molecule has 0 spiro atoms. The van der Waals surface area contributed by atoms with Gasteiger partial charge in [0.05, 0.1) is 18.4 Å². The second-order valence-corrected chi connectivity index (χ2v) is 7.61. The van der Waals surface area contributed by atoms with Crippen molar-refractivity contribution in [2.75, 3.05) is 6.54 Å². The van der Waals surface area contributed by atoms with Crippen molar-refractivity contribution < 1.29 is 4.79 Å². The van der Waals surface area contributed by atoms with E-state index in [1.807, 2.05) is 30.5 Å². The smallest absolute Gasteiger partial charge is 0.254 e. The minimum absolute atomic E-state index is 0.159. The van der Waals surface area contributed by atoms with Crippen molar-refractivity contribution in [1.82, 2.24) is 14.9 Å². The van der Waals surface area contributed by atoms with Crippen LogP contribution >= 0.6 is 0 Å². The van der Waals surface area contributed by atoms with Crippen LogP contribution in [-0.2, 0) is 0 Å². The normalized spacial score (nSPS) is 21.3. The van der Waals surface area contributed by atoms with E-state index in [4.69, 9.17) is 0 Å². The standard InChI is InChI=1S/C22H22N4O/c27-22(16-3-1-15(2-4-16)21-14-23-9-10-25-21)26(19-7-8-19)20-6-5-17-12-24-13-18(17)11-20/h1-4,9-10,13-14,19-20H,5-8,11-12H2. The summed E-state index contributed by atoms with van der Waals surface area (Å²) in [5.74, 6) is 0.159. The highest BCUT2D eigenvalue weighted by atomic mass is 16.2. The van der Waals surface area contributed by atoms with Crippen LogP contribution in [-0.4, -0.2) is 45.6 Å². The lowest BCUT2D eigenvalue weighted by molar-refractivity contribution is 0.0645. The molecule has 1 atom stereocenters. The average molecular weight is 358 g/mol. The average Bonchev–Trinajstić information content (AvgIpc) is 3.44. The Morgan fingerprint density at radius 3 is 2.63 bits per heavy atom. The van der Waals surface area contributed by atoms with Gasteiger partial charge >= 0.3 is 0 Å². The molecule has 0 bridgehead atoms. The molecule has 3 aliphatic rings. The molecule has 5 heteroatoms. The summed E-state index contributed by atoms with van der Waals surface area (Å²) in [5.41, 5.74) is 5.40. The molecule has 2 aliphatic carbocycles. The zero-order chi connectivity index (χ0) is 18.2. The zero-order valence-electron chi connectivity index (χ0n) is 15.2. The second-order valence-electron chi connectivity index (χ2n) is 7.61. The van der Waals surface area contributed by atoms with Gasteiger partial charge in [-0.05, 0) is 55.4 Å². The van der Waals surface area contributed by atoms with Crippen LogP contribution in [0.25, 0.3) is 11.3 Å². The Kier molecular flexibility index (Phi) is 4.07. The van der Waals surface area contributed by atoms with E-state index in [9.17, 15) is 4.79 Å². The summed E-state index contributed by atoms with van der Waals surface area (Å²) in [6.45, 7) is 0.864. The predicted octanol–water partition coefficient (Wildman–Crippen LogP) is 3.68. The van der Waals surface area contributed by atoms with Gasteiger partial charge in [0.25, 0.3) is 5.91 Å². The molecule has 1 fully saturated rings. The molecule has 2 aromatic rings. The minimum atomic E-state index is 0.159. The van der Waals surface area contributed by atoms with Crippen molar-refractivity contribution in [3.8, 4) is 11.3 Å². The Morgan fingerprint density at radius 1 is 1.04 bits per heavy atom. The number of amides is 1. The topological polar surface area (TPSA) is 58.5 Å². The van der Waals surface area contributed by atoms with Gasteiger partial charge in [0.15, 0.2) is 0 Å². The summed E-state index contributed by atoms with van der Waals surface area (Å²) >= 11 is 0. The molecule has 5 rings (SSSR count). The Morgan fingerprint density at radius 2 is 1.89 bits per heavy atom. The molecule has 1 aliphatic heterocycles. The maximum atomic E-state index is 13.3. The number of carbonyl (C=O) groups is 1. The van der Waals surface area contributed by atoms with Crippen molar-refractivity contribution >= 4 is 12.1 Å². The summed E-state index contributed by atoms with van der Waals surface area (Å²) in [7, 11) is 0. The molecule has 1 aromatic heterocycles. The first-order valence-electron chi connectivity index (χ1n) is 9.69. The van der Waals surface area contributed by atoms with Gasteiger partial charge in [0, 0.05) is 41.8 Å². The molecular formula is C22H22N4O. The van der Waals surface area contributed by atoms with Crippen LogP contribution in [0.4, 0.5) is 0 Å². The van der Waals surface area contributed by atoms with Gasteiger partial charge in [-0.25, -0.2) is 0 Å². The lowest BCUT2D eigenvalue weighted by Gasteiger charge is -2.35. The first-order chi connectivity index (χ1) is 13.3. The van der Waals surface area contributed by atoms with E-state index in [1.54, 1.807) is 18.6 Å². The van der Waals surface area contributed by atoms with Gasteiger partial charge in [0.2, 0.25) is 0 Å². The Balaban J connectivity index is 1.37. The lowest BCUT2D eigenvalue weighted by Crippen LogP contribution is -2.43. The summed E-state index contributed by atoms with van der Waals surface area (Å²) in [6, 6.07) is 8.48. The number of benzene rings is 1. The van der Waals surface area contributed by atoms with Crippen LogP contribution < -0.4 is 0 Å². The van der Waals surface area contributed by atoms with E-state index in [0.717, 1.165) is 55.5 Å². The Bertz CT molecular complexity index is 913. The Hall–Kier alpha value is -2.82. The Labute approximate surface area is 158 Å². The zero-order valence-corrected chi connectivity index (χ0v) is 15.2. The van der Waals surface area contributed by atoms with Crippen LogP contribution in [0.2, 0.25) is 0 Å². The number of carbonyl (C=O) groups excluding carboxylic acids is 1. The minimum Gasteiger partial charge on any atom is -0.332 e. The predicted molar refractivity (Wildman–Crippen MR) is 105 cm³/mol. The molecule has 27 heavy (non-hydrogen) atoms. The summed E-state index contributed by atoms with van der Waals surface area (Å²) < 4.78 is 0. The third-order valence-corrected chi connectivity index (χ3v) is 5.78. The van der Waals surface area contributed by atoms with Gasteiger partial charge in [-0.15, -0.1) is 0 Å². The van der Waals surface area contributed by atoms with Crippen LogP contribution in [0.5, 0.6) is 0 Å². The van der Waals surface area contributed by atoms with Gasteiger partial charge in [-0.3, -0.25) is 19.8 Å². The van der Waals surface area contributed by atoms with Gasteiger partial charge in [-0.1, -0.05) is 12.1 Å². The molecule has 0 radical (unpaired) electrons. The third kappa shape index (κ3) is 3.18. The maximum absolute atomic E-state index is 13.3. The summed E-state index contributed by atoms with van der Waals surface area (Å²) in [6.07, 6.45) is 12.4. The van der Waals surface area contributed by atoms with E-state index in [-0.39, 0.29) is 5.91 Å². The van der Waals surface area contributed by atoms with Gasteiger partial charge in [0.1, 0.15) is 0 Å². The highest BCUT2D eigenvalue weighted by Crippen LogP contribution is 2.37. The molecule has 2 heterocycles. The molecule has 0 saturated heterocycles. The molecule has 1 saturated carbocycles. The van der Waals surface area contributed by atoms with Crippen LogP contribution in [0.15, 0.2) is 59.0 Å². The maximum Gasteiger partial charge on any atom is 0.254 e. The number of nitrogens with zero attached hydrogens (tertiary/aromatic N) is 4. The summed E-state index contributed by atoms with van der Waals surface area (Å²) in [4.78, 5) is 28.3. The van der Waals surface area contributed by atoms with Gasteiger partial charge < -0.3 is 4.90 Å². The van der Waals surface area contributed by atoms with Crippen molar-refractivity contribution in [2.45, 2.75) is 44.2 Å². The molecule has 1 amide bonds. The number of aliphatic imine (C=N–C) groups is 1. The number of hydrogen-bond donors (Lipinski definition) is 0. The first-order valence-corrected chi connectivity index (χ1v) is 9.69. The largest absolute Gasteiger partial charge is 0.332 e. The number of aromatic nitrogens is 2. The molecule has 5 nitrogen and oxygen atoms in total. The van der Waals surface area contributed by atoms with Crippen molar-refractivity contribution in [3.05, 3.63) is 59.6 Å². The third-order valence-electron chi connectivity index (χ3n) is 5.78. The van der Waals surface area contributed by atoms with Crippen molar-refractivity contribution in [2.24, 2.45) is 4.99 Å². The second kappa shape index (κ2) is 6.72. The van der Waals surface area contributed by atoms with Crippen molar-refractivity contribution in [3.63, 3.8) is 0 Å². The first kappa shape index (κ1) is 16.4. The monoisotopic (exact) mass is 358 g/mol. The quantitative estimate of drug-likeness (QED) is 0.838. The molecule has 1 aromatic carbocycles. The molecule has 1 unspecified atom stereocenters. The molecule has 136 valence electrons. The van der Waals surface area contributed by atoms with Crippen LogP contribution in [0, 0.1) is 0 Å². The highest BCUT2D eigenvalue weighted by Gasteiger charge is 2.39. The van der Waals surface area contributed by atoms with E-state index in [0.29, 0.717) is 12.1 Å². The SMILES string of the molecule is O=C(c1ccc(-c2cnccn2)cc1)N(C1CC1)C1CCC2=C(C=NC2)C1. The van der Waals surface area contributed by atoms with E-state index in [2.05, 4.69) is 19.9 Å². The fourth-order valence-corrected chi connectivity index (χ4v) is 4.19. The lowest BCUT2D eigenvalue weighted by atomic mass is 9.88. The van der Waals surface area contributed by atoms with E-state index < -0.39 is 0 Å². The number of rotatable bonds is 4. The number of hydrogen-bond acceptors (Lipinski definition) is 4. The van der Waals surface area contributed by atoms with Crippen LogP contribution in [0.1, 0.15) is 42.5 Å². The molecule has 0 N–H and O–H groups in total. The highest BCUT2D eigenvalue weighted by molar-refractivity contribution is 5.95. The fourth-order valence-electron chi connectivity index (χ4n) is 4.19. The van der Waals surface area contributed by atoms with Crippen LogP contribution in [0.3, 0.4) is 0 Å². The van der Waals surface area contributed by atoms with Gasteiger partial charge in [-0.2, -0.15) is 0 Å². The van der Waals surface area contributed by atoms with Crippen molar-refractivity contribution in [1.29, 1.82) is 0 Å². The molecular weight excluding hydrogens is 336 g/mol.